The van der Waals surface area contributed by atoms with E-state index in [0.717, 1.165) is 51.4 Å². The smallest absolute Gasteiger partial charge is 0.316 e. The molecule has 0 saturated heterocycles. The molecule has 0 spiro atoms. The lowest BCUT2D eigenvalue weighted by molar-refractivity contribution is -0.232. The molecular formula is C33H50N2O4. The fourth-order valence-electron chi connectivity index (χ4n) is 11.8. The highest BCUT2D eigenvalue weighted by Gasteiger charge is 2.72. The summed E-state index contributed by atoms with van der Waals surface area (Å²) in [4.78, 5) is 38.6. The van der Waals surface area contributed by atoms with Gasteiger partial charge in [-0.15, -0.1) is 0 Å². The average molecular weight is 539 g/mol. The third-order valence-electron chi connectivity index (χ3n) is 13.6. The minimum absolute atomic E-state index is 0.00878. The van der Waals surface area contributed by atoms with Crippen molar-refractivity contribution in [3.8, 4) is 0 Å². The topological polar surface area (TPSA) is 98.5 Å². The van der Waals surface area contributed by atoms with Crippen LogP contribution in [-0.4, -0.2) is 24.9 Å². The summed E-state index contributed by atoms with van der Waals surface area (Å²) in [5, 5.41) is 2.60. The number of amides is 2. The van der Waals surface area contributed by atoms with Gasteiger partial charge in [0.15, 0.2) is 5.78 Å². The number of rotatable bonds is 3. The molecule has 6 heteroatoms. The van der Waals surface area contributed by atoms with Gasteiger partial charge in [-0.1, -0.05) is 46.8 Å². The van der Waals surface area contributed by atoms with Crippen LogP contribution in [0.1, 0.15) is 99.3 Å². The van der Waals surface area contributed by atoms with E-state index in [1.165, 1.54) is 5.57 Å². The van der Waals surface area contributed by atoms with Gasteiger partial charge in [-0.25, -0.2) is 4.79 Å². The van der Waals surface area contributed by atoms with Gasteiger partial charge in [0.25, 0.3) is 0 Å². The van der Waals surface area contributed by atoms with Crippen LogP contribution in [-0.2, 0) is 14.3 Å². The van der Waals surface area contributed by atoms with Gasteiger partial charge in [0.1, 0.15) is 0 Å². The van der Waals surface area contributed by atoms with Crippen molar-refractivity contribution in [1.82, 2.24) is 5.32 Å². The van der Waals surface area contributed by atoms with E-state index in [-0.39, 0.29) is 45.2 Å². The summed E-state index contributed by atoms with van der Waals surface area (Å²) in [6.45, 7) is 18.3. The number of esters is 1. The van der Waals surface area contributed by atoms with Gasteiger partial charge in [-0.3, -0.25) is 9.59 Å². The van der Waals surface area contributed by atoms with Crippen LogP contribution in [0.25, 0.3) is 0 Å². The number of urea groups is 1. The predicted octanol–water partition coefficient (Wildman–Crippen LogP) is 6.55. The number of primary amides is 1. The molecule has 0 aromatic rings. The number of hydrogen-bond donors (Lipinski definition) is 2. The summed E-state index contributed by atoms with van der Waals surface area (Å²) in [5.41, 5.74) is 6.51. The Morgan fingerprint density at radius 1 is 0.974 bits per heavy atom. The molecule has 5 aliphatic rings. The van der Waals surface area contributed by atoms with E-state index in [1.807, 2.05) is 0 Å². The van der Waals surface area contributed by atoms with Crippen LogP contribution in [0.4, 0.5) is 4.79 Å². The zero-order chi connectivity index (χ0) is 28.8. The Bertz CT molecular complexity index is 1140. The number of nitrogens with one attached hydrogen (secondary N) is 1. The maximum atomic E-state index is 13.6. The number of allylic oxidation sites excluding steroid dienone is 2. The molecule has 6 nitrogen and oxygen atoms in total. The third kappa shape index (κ3) is 3.61. The normalized spacial score (nSPS) is 47.3. The Morgan fingerprint density at radius 2 is 1.67 bits per heavy atom. The highest BCUT2D eigenvalue weighted by Crippen LogP contribution is 2.77. The van der Waals surface area contributed by atoms with Crippen LogP contribution in [0.15, 0.2) is 23.9 Å². The molecule has 216 valence electrons. The molecule has 0 aromatic carbocycles. The average Bonchev–Trinajstić information content (AvgIpc) is 3.26. The molecule has 2 amide bonds. The molecule has 5 saturated carbocycles. The van der Waals surface area contributed by atoms with Crippen LogP contribution >= 0.6 is 0 Å². The maximum Gasteiger partial charge on any atom is 0.316 e. The largest absolute Gasteiger partial charge is 0.469 e. The number of hydrogen-bond acceptors (Lipinski definition) is 4. The third-order valence-corrected chi connectivity index (χ3v) is 13.6. The fourth-order valence-corrected chi connectivity index (χ4v) is 11.8. The van der Waals surface area contributed by atoms with Crippen LogP contribution < -0.4 is 11.1 Å². The number of carbonyl (C=O) groups excluding carboxylic acids is 3. The van der Waals surface area contributed by atoms with Crippen LogP contribution in [0.3, 0.4) is 0 Å². The van der Waals surface area contributed by atoms with Crippen LogP contribution in [0.2, 0.25) is 0 Å². The van der Waals surface area contributed by atoms with Crippen molar-refractivity contribution in [3.63, 3.8) is 0 Å². The first kappa shape index (κ1) is 28.4. The first-order valence-electron chi connectivity index (χ1n) is 15.1. The molecule has 39 heavy (non-hydrogen) atoms. The van der Waals surface area contributed by atoms with Crippen molar-refractivity contribution in [2.75, 3.05) is 7.11 Å². The monoisotopic (exact) mass is 538 g/mol. The van der Waals surface area contributed by atoms with Gasteiger partial charge in [-0.05, 0) is 111 Å². The van der Waals surface area contributed by atoms with Crippen molar-refractivity contribution >= 4 is 17.8 Å². The van der Waals surface area contributed by atoms with Gasteiger partial charge < -0.3 is 15.8 Å². The lowest BCUT2D eigenvalue weighted by atomic mass is 9.32. The van der Waals surface area contributed by atoms with E-state index in [2.05, 4.69) is 53.4 Å². The lowest BCUT2D eigenvalue weighted by Crippen LogP contribution is -2.67. The Hall–Kier alpha value is -2.11. The number of fused-ring (bicyclic) bond motifs is 7. The highest BCUT2D eigenvalue weighted by atomic mass is 16.5. The SMILES string of the molecule is C=C(C)[C@@H]1CC[C@]2(C(=O)OC)CC[C@]3(C)[C@H](CC[C@@H]4[C@@]5(C)C/C(=C\NC(N)=O)C(=O)C(C)(C)[C@@H]5CC[C@]43C)[C@H]12. The van der Waals surface area contributed by atoms with E-state index < -0.39 is 11.4 Å². The van der Waals surface area contributed by atoms with Gasteiger partial charge in [0, 0.05) is 17.2 Å². The Kier molecular flexibility index (Phi) is 6.52. The van der Waals surface area contributed by atoms with Crippen molar-refractivity contribution in [3.05, 3.63) is 23.9 Å². The molecule has 9 atom stereocenters. The van der Waals surface area contributed by atoms with E-state index >= 15 is 0 Å². The molecule has 3 N–H and O–H groups in total. The molecule has 0 bridgehead atoms. The fraction of sp³-hybridized carbons (Fsp3) is 0.788. The standard InChI is InChI=1S/C33H50N2O4/c1-19(2)21-11-14-33(27(37)39-8)16-15-31(6)22(25(21)33)9-10-24-30(5)17-20(18-35-28(34)38)26(36)29(3,4)23(30)12-13-32(24,31)7/h18,21-25H,1,9-17H2,2-8H3,(H3,34,35,38)/b20-18+/t21-,22+,23-,24+,25-,30-,31+,32+,33-/m0/s1. The van der Waals surface area contributed by atoms with Gasteiger partial charge in [-0.2, -0.15) is 0 Å². The zero-order valence-corrected chi connectivity index (χ0v) is 25.2. The Balaban J connectivity index is 1.57. The van der Waals surface area contributed by atoms with Gasteiger partial charge >= 0.3 is 12.0 Å². The van der Waals surface area contributed by atoms with Crippen molar-refractivity contribution in [1.29, 1.82) is 0 Å². The number of ether oxygens (including phenoxy) is 1. The van der Waals surface area contributed by atoms with E-state index in [9.17, 15) is 14.4 Å². The summed E-state index contributed by atoms with van der Waals surface area (Å²) < 4.78 is 5.49. The van der Waals surface area contributed by atoms with Crippen molar-refractivity contribution in [2.45, 2.75) is 99.3 Å². The first-order valence-corrected chi connectivity index (χ1v) is 15.1. The second-order valence-electron chi connectivity index (χ2n) is 15.2. The molecule has 0 aliphatic heterocycles. The lowest BCUT2D eigenvalue weighted by Gasteiger charge is -2.72. The summed E-state index contributed by atoms with van der Waals surface area (Å²) in [6, 6.07) is -0.637. The number of Topliss-reactive ketones (excluding diaryl/α,β-unsaturated/α-hetero) is 1. The van der Waals surface area contributed by atoms with Crippen LogP contribution in [0, 0.1) is 56.7 Å². The summed E-state index contributed by atoms with van der Waals surface area (Å²) in [7, 11) is 1.56. The molecule has 0 radical (unpaired) electrons. The first-order chi connectivity index (χ1) is 18.1. The summed E-state index contributed by atoms with van der Waals surface area (Å²) in [5.74, 6) is 1.95. The van der Waals surface area contributed by atoms with E-state index in [4.69, 9.17) is 10.5 Å². The van der Waals surface area contributed by atoms with E-state index in [0.29, 0.717) is 29.7 Å². The summed E-state index contributed by atoms with van der Waals surface area (Å²) >= 11 is 0. The number of ketones is 1. The maximum absolute atomic E-state index is 13.6. The molecular weight excluding hydrogens is 488 g/mol. The van der Waals surface area contributed by atoms with Crippen molar-refractivity contribution < 1.29 is 19.1 Å². The van der Waals surface area contributed by atoms with E-state index in [1.54, 1.807) is 13.3 Å². The molecule has 5 fully saturated rings. The van der Waals surface area contributed by atoms with Crippen molar-refractivity contribution in [2.24, 2.45) is 62.4 Å². The predicted molar refractivity (Wildman–Crippen MR) is 152 cm³/mol. The second kappa shape index (κ2) is 8.94. The minimum atomic E-state index is -0.637. The molecule has 5 rings (SSSR count). The molecule has 0 aromatic heterocycles. The quantitative estimate of drug-likeness (QED) is 0.242. The molecule has 0 unspecified atom stereocenters. The van der Waals surface area contributed by atoms with Crippen LogP contribution in [0.5, 0.6) is 0 Å². The second-order valence-corrected chi connectivity index (χ2v) is 15.2. The molecule has 5 aliphatic carbocycles. The Morgan fingerprint density at radius 3 is 2.28 bits per heavy atom. The zero-order valence-electron chi connectivity index (χ0n) is 25.2. The Labute approximate surface area is 234 Å². The summed E-state index contributed by atoms with van der Waals surface area (Å²) in [6.07, 6.45) is 10.4. The van der Waals surface area contributed by atoms with Gasteiger partial charge in [0.2, 0.25) is 0 Å². The number of carbonyl (C=O) groups is 3. The van der Waals surface area contributed by atoms with Gasteiger partial charge in [0.05, 0.1) is 12.5 Å². The highest BCUT2D eigenvalue weighted by molar-refractivity contribution is 6.01. The number of methoxy groups -OCH3 is 1. The molecule has 0 heterocycles. The number of nitrogens with two attached hydrogens (primary N) is 1. The minimum Gasteiger partial charge on any atom is -0.469 e.